The van der Waals surface area contributed by atoms with Crippen molar-refractivity contribution in [3.05, 3.63) is 35.4 Å². The highest BCUT2D eigenvalue weighted by Crippen LogP contribution is 2.30. The van der Waals surface area contributed by atoms with E-state index in [9.17, 15) is 18.4 Å². The van der Waals surface area contributed by atoms with Gasteiger partial charge in [-0.15, -0.1) is 0 Å². The third-order valence-corrected chi connectivity index (χ3v) is 3.13. The molecule has 19 heavy (non-hydrogen) atoms. The van der Waals surface area contributed by atoms with Crippen LogP contribution < -0.4 is 0 Å². The van der Waals surface area contributed by atoms with Gasteiger partial charge in [0.2, 0.25) is 0 Å². The van der Waals surface area contributed by atoms with E-state index in [0.29, 0.717) is 12.8 Å². The second kappa shape index (κ2) is 4.95. The molecule has 0 saturated heterocycles. The number of carbonyl (C=O) groups is 2. The van der Waals surface area contributed by atoms with Crippen LogP contribution in [0.25, 0.3) is 0 Å². The van der Waals surface area contributed by atoms with Crippen molar-refractivity contribution in [1.82, 2.24) is 4.90 Å². The molecule has 0 radical (unpaired) electrons. The van der Waals surface area contributed by atoms with E-state index in [1.165, 1.54) is 13.0 Å². The molecule has 4 nitrogen and oxygen atoms in total. The second-order valence-electron chi connectivity index (χ2n) is 4.56. The summed E-state index contributed by atoms with van der Waals surface area (Å²) in [7, 11) is 0. The standard InChI is InChI=1S/C13H13F2NO3/c1-7(13(18)19)16(8-5-6-8)12(17)9-3-2-4-10(14)11(9)15/h2-4,7-8H,5-6H2,1H3,(H,18,19). The molecule has 6 heteroatoms. The van der Waals surface area contributed by atoms with Crippen LogP contribution in [0, 0.1) is 11.6 Å². The Morgan fingerprint density at radius 2 is 2.00 bits per heavy atom. The largest absolute Gasteiger partial charge is 0.480 e. The lowest BCUT2D eigenvalue weighted by atomic mass is 10.1. The van der Waals surface area contributed by atoms with Gasteiger partial charge in [0.15, 0.2) is 11.6 Å². The van der Waals surface area contributed by atoms with E-state index in [0.717, 1.165) is 17.0 Å². The number of hydrogen-bond acceptors (Lipinski definition) is 2. The Morgan fingerprint density at radius 1 is 1.37 bits per heavy atom. The predicted molar refractivity (Wildman–Crippen MR) is 62.6 cm³/mol. The normalized spacial score (nSPS) is 15.9. The maximum atomic E-state index is 13.6. The number of nitrogens with zero attached hydrogens (tertiary/aromatic N) is 1. The van der Waals surface area contributed by atoms with Crippen LogP contribution in [-0.2, 0) is 4.79 Å². The molecule has 1 unspecified atom stereocenters. The van der Waals surface area contributed by atoms with Gasteiger partial charge >= 0.3 is 5.97 Å². The first-order valence-electron chi connectivity index (χ1n) is 5.93. The maximum Gasteiger partial charge on any atom is 0.326 e. The van der Waals surface area contributed by atoms with Gasteiger partial charge in [0.25, 0.3) is 5.91 Å². The Morgan fingerprint density at radius 3 is 2.53 bits per heavy atom. The van der Waals surface area contributed by atoms with Gasteiger partial charge in [-0.05, 0) is 31.9 Å². The van der Waals surface area contributed by atoms with Crippen LogP contribution in [0.2, 0.25) is 0 Å². The maximum absolute atomic E-state index is 13.6. The molecule has 0 aromatic heterocycles. The minimum Gasteiger partial charge on any atom is -0.480 e. The number of carboxylic acids is 1. The number of benzene rings is 1. The van der Waals surface area contributed by atoms with Gasteiger partial charge < -0.3 is 10.0 Å². The first kappa shape index (κ1) is 13.5. The Hall–Kier alpha value is -1.98. The summed E-state index contributed by atoms with van der Waals surface area (Å²) in [6.07, 6.45) is 1.36. The highest BCUT2D eigenvalue weighted by atomic mass is 19.2. The number of amides is 1. The van der Waals surface area contributed by atoms with Crippen molar-refractivity contribution >= 4 is 11.9 Å². The van der Waals surface area contributed by atoms with Gasteiger partial charge in [0.05, 0.1) is 5.56 Å². The van der Waals surface area contributed by atoms with Crippen molar-refractivity contribution in [2.24, 2.45) is 0 Å². The van der Waals surface area contributed by atoms with E-state index in [2.05, 4.69) is 0 Å². The minimum absolute atomic E-state index is 0.207. The van der Waals surface area contributed by atoms with Gasteiger partial charge in [0, 0.05) is 6.04 Å². The fourth-order valence-corrected chi connectivity index (χ4v) is 1.94. The second-order valence-corrected chi connectivity index (χ2v) is 4.56. The zero-order valence-electron chi connectivity index (χ0n) is 10.3. The minimum atomic E-state index is -1.24. The van der Waals surface area contributed by atoms with Crippen molar-refractivity contribution in [2.75, 3.05) is 0 Å². The molecule has 1 saturated carbocycles. The number of carboxylic acid groups (broad SMARTS) is 1. The van der Waals surface area contributed by atoms with Crippen molar-refractivity contribution in [1.29, 1.82) is 0 Å². The van der Waals surface area contributed by atoms with E-state index in [-0.39, 0.29) is 6.04 Å². The Kier molecular flexibility index (Phi) is 3.50. The van der Waals surface area contributed by atoms with Crippen molar-refractivity contribution in [3.63, 3.8) is 0 Å². The van der Waals surface area contributed by atoms with Crippen LogP contribution in [-0.4, -0.2) is 34.0 Å². The molecule has 1 amide bonds. The number of halogens is 2. The van der Waals surface area contributed by atoms with E-state index < -0.39 is 35.1 Å². The van der Waals surface area contributed by atoms with E-state index in [4.69, 9.17) is 5.11 Å². The van der Waals surface area contributed by atoms with Crippen LogP contribution in [0.15, 0.2) is 18.2 Å². The third kappa shape index (κ3) is 2.57. The molecule has 0 heterocycles. The molecule has 2 rings (SSSR count). The van der Waals surface area contributed by atoms with Crippen molar-refractivity contribution < 1.29 is 23.5 Å². The van der Waals surface area contributed by atoms with Gasteiger partial charge in [-0.1, -0.05) is 6.07 Å². The molecule has 1 aromatic carbocycles. The smallest absolute Gasteiger partial charge is 0.326 e. The fraction of sp³-hybridized carbons (Fsp3) is 0.385. The summed E-state index contributed by atoms with van der Waals surface area (Å²) in [6, 6.07) is 2.02. The molecule has 1 aliphatic carbocycles. The van der Waals surface area contributed by atoms with Gasteiger partial charge in [-0.25, -0.2) is 13.6 Å². The van der Waals surface area contributed by atoms with Crippen LogP contribution in [0.1, 0.15) is 30.1 Å². The summed E-state index contributed by atoms with van der Waals surface area (Å²) in [5, 5.41) is 8.99. The zero-order chi connectivity index (χ0) is 14.2. The van der Waals surface area contributed by atoms with E-state index in [1.54, 1.807) is 0 Å². The number of carbonyl (C=O) groups excluding carboxylic acids is 1. The first-order valence-corrected chi connectivity index (χ1v) is 5.93. The van der Waals surface area contributed by atoms with Gasteiger partial charge in [-0.2, -0.15) is 0 Å². The van der Waals surface area contributed by atoms with E-state index in [1.807, 2.05) is 0 Å². The predicted octanol–water partition coefficient (Wildman–Crippen LogP) is 2.04. The lowest BCUT2D eigenvalue weighted by Gasteiger charge is -2.26. The number of rotatable bonds is 4. The molecular formula is C13H13F2NO3. The lowest BCUT2D eigenvalue weighted by Crippen LogP contribution is -2.45. The summed E-state index contributed by atoms with van der Waals surface area (Å²) in [5.41, 5.74) is -0.431. The highest BCUT2D eigenvalue weighted by Gasteiger charge is 2.39. The number of hydrogen-bond donors (Lipinski definition) is 1. The third-order valence-electron chi connectivity index (χ3n) is 3.13. The van der Waals surface area contributed by atoms with Crippen LogP contribution in [0.5, 0.6) is 0 Å². The average Bonchev–Trinajstić information content (AvgIpc) is 3.17. The molecule has 1 fully saturated rings. The number of aliphatic carboxylic acids is 1. The van der Waals surface area contributed by atoms with Crippen LogP contribution in [0.3, 0.4) is 0 Å². The van der Waals surface area contributed by atoms with E-state index >= 15 is 0 Å². The molecule has 1 aliphatic rings. The van der Waals surface area contributed by atoms with Crippen molar-refractivity contribution in [2.45, 2.75) is 31.8 Å². The molecule has 0 bridgehead atoms. The topological polar surface area (TPSA) is 57.6 Å². The Labute approximate surface area is 108 Å². The molecule has 102 valence electrons. The highest BCUT2D eigenvalue weighted by molar-refractivity contribution is 5.97. The van der Waals surface area contributed by atoms with Crippen LogP contribution in [0.4, 0.5) is 8.78 Å². The van der Waals surface area contributed by atoms with Gasteiger partial charge in [0.1, 0.15) is 6.04 Å². The summed E-state index contributed by atoms with van der Waals surface area (Å²) in [4.78, 5) is 24.3. The van der Waals surface area contributed by atoms with Crippen molar-refractivity contribution in [3.8, 4) is 0 Å². The summed E-state index contributed by atoms with van der Waals surface area (Å²) in [5.74, 6) is -4.31. The summed E-state index contributed by atoms with van der Waals surface area (Å²) < 4.78 is 26.7. The summed E-state index contributed by atoms with van der Waals surface area (Å²) in [6.45, 7) is 1.36. The van der Waals surface area contributed by atoms with Gasteiger partial charge in [-0.3, -0.25) is 4.79 Å². The molecule has 1 aromatic rings. The lowest BCUT2D eigenvalue weighted by molar-refractivity contribution is -0.141. The van der Waals surface area contributed by atoms with Crippen LogP contribution >= 0.6 is 0 Å². The Bertz CT molecular complexity index is 529. The first-order chi connectivity index (χ1) is 8.93. The molecule has 0 spiro atoms. The monoisotopic (exact) mass is 269 g/mol. The molecule has 0 aliphatic heterocycles. The average molecular weight is 269 g/mol. The fourth-order valence-electron chi connectivity index (χ4n) is 1.94. The molecule has 1 atom stereocenters. The quantitative estimate of drug-likeness (QED) is 0.910. The Balaban J connectivity index is 2.34. The zero-order valence-corrected chi connectivity index (χ0v) is 10.3. The summed E-state index contributed by atoms with van der Waals surface area (Å²) >= 11 is 0. The molecular weight excluding hydrogens is 256 g/mol. The SMILES string of the molecule is CC(C(=O)O)N(C(=O)c1cccc(F)c1F)C1CC1. The molecule has 1 N–H and O–H groups in total.